The van der Waals surface area contributed by atoms with Crippen molar-refractivity contribution >= 4 is 29.9 Å². The zero-order valence-corrected chi connectivity index (χ0v) is 14.4. The van der Waals surface area contributed by atoms with Gasteiger partial charge < -0.3 is 20.7 Å². The van der Waals surface area contributed by atoms with Gasteiger partial charge in [0.25, 0.3) is 5.91 Å². The molecular formula is C17H24ClN3O3. The van der Waals surface area contributed by atoms with Crippen molar-refractivity contribution in [2.75, 3.05) is 25.0 Å². The first-order valence-electron chi connectivity index (χ1n) is 8.22. The van der Waals surface area contributed by atoms with Crippen molar-refractivity contribution < 1.29 is 14.3 Å². The van der Waals surface area contributed by atoms with Crippen LogP contribution in [0.5, 0.6) is 0 Å². The predicted molar refractivity (Wildman–Crippen MR) is 94.1 cm³/mol. The van der Waals surface area contributed by atoms with Crippen LogP contribution in [0.4, 0.5) is 5.69 Å². The Morgan fingerprint density at radius 2 is 2.08 bits per heavy atom. The predicted octanol–water partition coefficient (Wildman–Crippen LogP) is 1.45. The van der Waals surface area contributed by atoms with Gasteiger partial charge in [-0.05, 0) is 30.5 Å². The summed E-state index contributed by atoms with van der Waals surface area (Å²) in [6.07, 6.45) is 2.68. The smallest absolute Gasteiger partial charge is 0.250 e. The molecule has 2 amide bonds. The quantitative estimate of drug-likeness (QED) is 0.748. The first-order chi connectivity index (χ1) is 11.2. The highest BCUT2D eigenvalue weighted by Crippen LogP contribution is 2.27. The van der Waals surface area contributed by atoms with Crippen LogP contribution >= 0.6 is 12.4 Å². The number of morpholine rings is 1. The van der Waals surface area contributed by atoms with E-state index in [4.69, 9.17) is 4.74 Å². The third-order valence-corrected chi connectivity index (χ3v) is 4.36. The van der Waals surface area contributed by atoms with E-state index in [1.165, 1.54) is 0 Å². The molecule has 0 aromatic heterocycles. The van der Waals surface area contributed by atoms with Gasteiger partial charge >= 0.3 is 0 Å². The number of ether oxygens (including phenoxy) is 1. The molecule has 3 rings (SSSR count). The number of hydrogen-bond donors (Lipinski definition) is 3. The normalized spacial score (nSPS) is 20.4. The fraction of sp³-hybridized carbons (Fsp3) is 0.529. The molecule has 3 N–H and O–H groups in total. The summed E-state index contributed by atoms with van der Waals surface area (Å²) in [6, 6.07) is 7.59. The van der Waals surface area contributed by atoms with E-state index in [9.17, 15) is 9.59 Å². The van der Waals surface area contributed by atoms with Gasteiger partial charge in [0, 0.05) is 31.2 Å². The van der Waals surface area contributed by atoms with Crippen molar-refractivity contribution in [2.24, 2.45) is 5.92 Å². The van der Waals surface area contributed by atoms with Crippen molar-refractivity contribution in [2.45, 2.75) is 31.9 Å². The Bertz CT molecular complexity index is 572. The van der Waals surface area contributed by atoms with Crippen LogP contribution in [0.2, 0.25) is 0 Å². The van der Waals surface area contributed by atoms with Gasteiger partial charge in [-0.2, -0.15) is 0 Å². The van der Waals surface area contributed by atoms with Gasteiger partial charge in [0.15, 0.2) is 0 Å². The lowest BCUT2D eigenvalue weighted by Crippen LogP contribution is -2.47. The van der Waals surface area contributed by atoms with Crippen LogP contribution in [0.15, 0.2) is 24.3 Å². The fourth-order valence-corrected chi connectivity index (χ4v) is 2.71. The molecule has 1 atom stereocenters. The van der Waals surface area contributed by atoms with Gasteiger partial charge in [0.2, 0.25) is 5.91 Å². The Morgan fingerprint density at radius 1 is 1.25 bits per heavy atom. The third-order valence-electron chi connectivity index (χ3n) is 4.36. The Kier molecular flexibility index (Phi) is 7.02. The maximum Gasteiger partial charge on any atom is 0.250 e. The zero-order chi connectivity index (χ0) is 16.1. The van der Waals surface area contributed by atoms with Gasteiger partial charge in [-0.3, -0.25) is 9.59 Å². The molecular weight excluding hydrogens is 330 g/mol. The minimum Gasteiger partial charge on any atom is -0.366 e. The minimum atomic E-state index is -0.426. The van der Waals surface area contributed by atoms with Crippen LogP contribution in [0.25, 0.3) is 0 Å². The molecule has 6 nitrogen and oxygen atoms in total. The standard InChI is InChI=1S/C17H23N3O3.ClH/c21-16(13-4-2-5-13)20-14-6-1-3-12(9-14)10-19-17(22)15-11-18-7-8-23-15;/h1,3,6,9,13,15,18H,2,4-5,7-8,10-11H2,(H,19,22)(H,20,21);1H. The second-order valence-electron chi connectivity index (χ2n) is 6.10. The average Bonchev–Trinajstić information content (AvgIpc) is 2.52. The summed E-state index contributed by atoms with van der Waals surface area (Å²) >= 11 is 0. The van der Waals surface area contributed by atoms with Crippen LogP contribution in [0, 0.1) is 5.92 Å². The number of halogens is 1. The highest BCUT2D eigenvalue weighted by molar-refractivity contribution is 5.93. The van der Waals surface area contributed by atoms with Crippen LogP contribution < -0.4 is 16.0 Å². The lowest BCUT2D eigenvalue weighted by atomic mass is 9.85. The number of carbonyl (C=O) groups is 2. The van der Waals surface area contributed by atoms with Gasteiger partial charge in [-0.1, -0.05) is 18.6 Å². The van der Waals surface area contributed by atoms with Gasteiger partial charge in [0.05, 0.1) is 6.61 Å². The number of amides is 2. The summed E-state index contributed by atoms with van der Waals surface area (Å²) in [4.78, 5) is 24.0. The molecule has 0 radical (unpaired) electrons. The number of nitrogens with one attached hydrogen (secondary N) is 3. The maximum atomic E-state index is 12.0. The van der Waals surface area contributed by atoms with Gasteiger partial charge in [0.1, 0.15) is 6.10 Å². The zero-order valence-electron chi connectivity index (χ0n) is 13.5. The second kappa shape index (κ2) is 9.01. The first-order valence-corrected chi connectivity index (χ1v) is 8.22. The molecule has 1 heterocycles. The molecule has 2 fully saturated rings. The highest BCUT2D eigenvalue weighted by atomic mass is 35.5. The Hall–Kier alpha value is -1.63. The van der Waals surface area contributed by atoms with Crippen molar-refractivity contribution in [3.8, 4) is 0 Å². The largest absolute Gasteiger partial charge is 0.366 e. The number of benzene rings is 1. The van der Waals surface area contributed by atoms with Crippen LogP contribution in [0.3, 0.4) is 0 Å². The number of rotatable bonds is 5. The molecule has 1 aliphatic heterocycles. The van der Waals surface area contributed by atoms with Crippen molar-refractivity contribution in [1.29, 1.82) is 0 Å². The summed E-state index contributed by atoms with van der Waals surface area (Å²) in [5.41, 5.74) is 1.73. The highest BCUT2D eigenvalue weighted by Gasteiger charge is 2.25. The van der Waals surface area contributed by atoms with E-state index in [-0.39, 0.29) is 30.1 Å². The summed E-state index contributed by atoms with van der Waals surface area (Å²) in [5, 5.41) is 8.96. The third kappa shape index (κ3) is 4.93. The Balaban J connectivity index is 0.00000208. The van der Waals surface area contributed by atoms with Crippen LogP contribution in [-0.4, -0.2) is 37.6 Å². The Labute approximate surface area is 148 Å². The molecule has 0 bridgehead atoms. The fourth-order valence-electron chi connectivity index (χ4n) is 2.71. The molecule has 1 aromatic carbocycles. The van der Waals surface area contributed by atoms with Crippen molar-refractivity contribution in [1.82, 2.24) is 10.6 Å². The first kappa shape index (κ1) is 18.7. The van der Waals surface area contributed by atoms with Crippen molar-refractivity contribution in [3.05, 3.63) is 29.8 Å². The van der Waals surface area contributed by atoms with Gasteiger partial charge in [-0.25, -0.2) is 0 Å². The Morgan fingerprint density at radius 3 is 2.75 bits per heavy atom. The van der Waals surface area contributed by atoms with Crippen molar-refractivity contribution in [3.63, 3.8) is 0 Å². The SMILES string of the molecule is Cl.O=C(Nc1cccc(CNC(=O)C2CNCCO2)c1)C1CCC1. The molecule has 24 heavy (non-hydrogen) atoms. The van der Waals surface area contributed by atoms with E-state index in [1.807, 2.05) is 24.3 Å². The second-order valence-corrected chi connectivity index (χ2v) is 6.10. The lowest BCUT2D eigenvalue weighted by Gasteiger charge is -2.24. The summed E-state index contributed by atoms with van der Waals surface area (Å²) in [7, 11) is 0. The number of hydrogen-bond acceptors (Lipinski definition) is 4. The molecule has 1 unspecified atom stereocenters. The molecule has 1 saturated carbocycles. The molecule has 1 aliphatic carbocycles. The maximum absolute atomic E-state index is 12.0. The van der Waals surface area contributed by atoms with E-state index >= 15 is 0 Å². The minimum absolute atomic E-state index is 0. The van der Waals surface area contributed by atoms with E-state index < -0.39 is 6.10 Å². The average molecular weight is 354 g/mol. The topological polar surface area (TPSA) is 79.5 Å². The molecule has 2 aliphatic rings. The van der Waals surface area contributed by atoms with E-state index in [0.717, 1.165) is 37.1 Å². The molecule has 132 valence electrons. The summed E-state index contributed by atoms with van der Waals surface area (Å²) in [5.74, 6) is 0.148. The molecule has 1 saturated heterocycles. The van der Waals surface area contributed by atoms with Gasteiger partial charge in [-0.15, -0.1) is 12.4 Å². The summed E-state index contributed by atoms with van der Waals surface area (Å²) < 4.78 is 5.42. The lowest BCUT2D eigenvalue weighted by molar-refractivity contribution is -0.134. The van der Waals surface area contributed by atoms with E-state index in [2.05, 4.69) is 16.0 Å². The molecule has 7 heteroatoms. The van der Waals surface area contributed by atoms with E-state index in [1.54, 1.807) is 0 Å². The number of carbonyl (C=O) groups excluding carboxylic acids is 2. The monoisotopic (exact) mass is 353 g/mol. The molecule has 0 spiro atoms. The van der Waals surface area contributed by atoms with Crippen LogP contribution in [-0.2, 0) is 20.9 Å². The number of anilines is 1. The molecule has 1 aromatic rings. The van der Waals surface area contributed by atoms with Crippen LogP contribution in [0.1, 0.15) is 24.8 Å². The summed E-state index contributed by atoms with van der Waals surface area (Å²) in [6.45, 7) is 2.31. The van der Waals surface area contributed by atoms with E-state index in [0.29, 0.717) is 19.7 Å².